The number of carbonyl (C=O) groups excluding carboxylic acids is 1. The van der Waals surface area contributed by atoms with Gasteiger partial charge in [0.25, 0.3) is 11.4 Å². The molecule has 0 N–H and O–H groups in total. The van der Waals surface area contributed by atoms with E-state index in [1.54, 1.807) is 6.07 Å². The van der Waals surface area contributed by atoms with Crippen LogP contribution in [0.15, 0.2) is 59.2 Å². The zero-order chi connectivity index (χ0) is 18.0. The summed E-state index contributed by atoms with van der Waals surface area (Å²) in [5.74, 6) is -0.698. The van der Waals surface area contributed by atoms with Crippen molar-refractivity contribution in [2.45, 2.75) is 0 Å². The van der Waals surface area contributed by atoms with E-state index in [0.29, 0.717) is 11.1 Å². The van der Waals surface area contributed by atoms with Crippen LogP contribution in [0.4, 0.5) is 11.4 Å². The van der Waals surface area contributed by atoms with Crippen molar-refractivity contribution in [3.63, 3.8) is 0 Å². The fraction of sp³-hybridized carbons (Fsp3) is 0. The summed E-state index contributed by atoms with van der Waals surface area (Å²) in [4.78, 5) is 36.3. The van der Waals surface area contributed by atoms with Gasteiger partial charge in [0, 0.05) is 29.8 Å². The van der Waals surface area contributed by atoms with Gasteiger partial charge in [-0.2, -0.15) is 0 Å². The van der Waals surface area contributed by atoms with E-state index in [-0.39, 0.29) is 23.0 Å². The molecule has 1 heterocycles. The van der Waals surface area contributed by atoms with Crippen molar-refractivity contribution in [2.24, 2.45) is 4.99 Å². The first-order chi connectivity index (χ1) is 11.9. The van der Waals surface area contributed by atoms with E-state index in [1.165, 1.54) is 48.5 Å². The maximum atomic E-state index is 11.9. The quantitative estimate of drug-likeness (QED) is 0.365. The molecule has 0 saturated heterocycles. The SMILES string of the molecule is O=C1OC(c2ccc([N+](=O)[O-])cc2)=NC1=Cc1cccc([N+](=O)[O-])c1. The number of rotatable bonds is 4. The minimum Gasteiger partial charge on any atom is -0.402 e. The van der Waals surface area contributed by atoms with E-state index in [4.69, 9.17) is 4.74 Å². The first kappa shape index (κ1) is 16.0. The highest BCUT2D eigenvalue weighted by Gasteiger charge is 2.24. The van der Waals surface area contributed by atoms with Gasteiger partial charge in [0.1, 0.15) is 0 Å². The third-order valence-corrected chi connectivity index (χ3v) is 3.33. The van der Waals surface area contributed by atoms with Gasteiger partial charge in [-0.05, 0) is 23.8 Å². The van der Waals surface area contributed by atoms with Crippen molar-refractivity contribution in [2.75, 3.05) is 0 Å². The number of nitro groups is 2. The minimum atomic E-state index is -0.708. The minimum absolute atomic E-state index is 0.0107. The molecule has 1 aliphatic rings. The maximum absolute atomic E-state index is 11.9. The van der Waals surface area contributed by atoms with Crippen LogP contribution in [0.5, 0.6) is 0 Å². The van der Waals surface area contributed by atoms with Crippen LogP contribution in [0.1, 0.15) is 11.1 Å². The van der Waals surface area contributed by atoms with E-state index < -0.39 is 15.8 Å². The lowest BCUT2D eigenvalue weighted by atomic mass is 10.1. The van der Waals surface area contributed by atoms with E-state index in [1.807, 2.05) is 0 Å². The highest BCUT2D eigenvalue weighted by Crippen LogP contribution is 2.22. The molecule has 0 bridgehead atoms. The summed E-state index contributed by atoms with van der Waals surface area (Å²) in [6, 6.07) is 11.1. The molecule has 0 unspecified atom stereocenters. The van der Waals surface area contributed by atoms with Crippen molar-refractivity contribution >= 4 is 29.3 Å². The predicted octanol–water partition coefficient (Wildman–Crippen LogP) is 2.85. The van der Waals surface area contributed by atoms with Gasteiger partial charge in [-0.15, -0.1) is 0 Å². The van der Waals surface area contributed by atoms with Gasteiger partial charge in [0.2, 0.25) is 5.90 Å². The van der Waals surface area contributed by atoms with E-state index in [2.05, 4.69) is 4.99 Å². The monoisotopic (exact) mass is 339 g/mol. The number of carbonyl (C=O) groups is 1. The summed E-state index contributed by atoms with van der Waals surface area (Å²) in [5.41, 5.74) is 0.603. The number of benzene rings is 2. The molecule has 0 saturated carbocycles. The first-order valence-corrected chi connectivity index (χ1v) is 6.96. The molecule has 25 heavy (non-hydrogen) atoms. The number of hydrogen-bond acceptors (Lipinski definition) is 7. The Morgan fingerprint density at radius 2 is 1.64 bits per heavy atom. The zero-order valence-corrected chi connectivity index (χ0v) is 12.5. The number of esters is 1. The smallest absolute Gasteiger partial charge is 0.363 e. The number of nitrogens with zero attached hydrogens (tertiary/aromatic N) is 3. The summed E-state index contributed by atoms with van der Waals surface area (Å²) in [6.45, 7) is 0. The Morgan fingerprint density at radius 3 is 2.28 bits per heavy atom. The molecule has 9 nitrogen and oxygen atoms in total. The molecule has 124 valence electrons. The third-order valence-electron chi connectivity index (χ3n) is 3.33. The summed E-state index contributed by atoms with van der Waals surface area (Å²) < 4.78 is 5.05. The number of non-ortho nitro benzene ring substituents is 2. The standard InChI is InChI=1S/C16H9N3O6/c20-16-14(9-10-2-1-3-13(8-10)19(23)24)17-15(25-16)11-4-6-12(7-5-11)18(21)22/h1-9H. The lowest BCUT2D eigenvalue weighted by Crippen LogP contribution is -2.05. The Labute approximate surface area is 140 Å². The molecule has 1 aliphatic heterocycles. The van der Waals surface area contributed by atoms with E-state index >= 15 is 0 Å². The van der Waals surface area contributed by atoms with Crippen LogP contribution < -0.4 is 0 Å². The van der Waals surface area contributed by atoms with E-state index in [0.717, 1.165) is 0 Å². The zero-order valence-electron chi connectivity index (χ0n) is 12.5. The number of aliphatic imine (C=N–C) groups is 1. The highest BCUT2D eigenvalue weighted by atomic mass is 16.6. The molecular weight excluding hydrogens is 330 g/mol. The number of ether oxygens (including phenoxy) is 1. The van der Waals surface area contributed by atoms with Gasteiger partial charge in [0.15, 0.2) is 5.70 Å². The summed E-state index contributed by atoms with van der Waals surface area (Å²) >= 11 is 0. The van der Waals surface area contributed by atoms with Gasteiger partial charge in [-0.25, -0.2) is 9.79 Å². The molecule has 2 aromatic rings. The van der Waals surface area contributed by atoms with Crippen molar-refractivity contribution in [1.29, 1.82) is 0 Å². The average Bonchev–Trinajstić information content (AvgIpc) is 2.96. The van der Waals surface area contributed by atoms with Crippen LogP contribution in [0, 0.1) is 20.2 Å². The predicted molar refractivity (Wildman–Crippen MR) is 86.8 cm³/mol. The van der Waals surface area contributed by atoms with Crippen molar-refractivity contribution in [3.8, 4) is 0 Å². The fourth-order valence-electron chi connectivity index (χ4n) is 2.14. The molecule has 0 spiro atoms. The molecule has 2 aromatic carbocycles. The van der Waals surface area contributed by atoms with Gasteiger partial charge in [0.05, 0.1) is 9.85 Å². The molecular formula is C16H9N3O6. The van der Waals surface area contributed by atoms with Gasteiger partial charge in [-0.3, -0.25) is 20.2 Å². The summed E-state index contributed by atoms with van der Waals surface area (Å²) in [5, 5.41) is 21.4. The molecule has 0 amide bonds. The lowest BCUT2D eigenvalue weighted by Gasteiger charge is -1.98. The topological polar surface area (TPSA) is 125 Å². The Hall–Kier alpha value is -3.88. The van der Waals surface area contributed by atoms with Crippen molar-refractivity contribution in [3.05, 3.63) is 85.6 Å². The van der Waals surface area contributed by atoms with Crippen molar-refractivity contribution < 1.29 is 19.4 Å². The molecule has 0 aromatic heterocycles. The average molecular weight is 339 g/mol. The number of cyclic esters (lactones) is 1. The first-order valence-electron chi connectivity index (χ1n) is 6.96. The Bertz CT molecular complexity index is 947. The van der Waals surface area contributed by atoms with E-state index in [9.17, 15) is 25.0 Å². The molecule has 0 atom stereocenters. The number of nitro benzene ring substituents is 2. The summed E-state index contributed by atoms with van der Waals surface area (Å²) in [7, 11) is 0. The second kappa shape index (κ2) is 6.32. The van der Waals surface area contributed by atoms with Crippen LogP contribution in [-0.4, -0.2) is 21.7 Å². The molecule has 9 heteroatoms. The normalized spacial score (nSPS) is 15.0. The van der Waals surface area contributed by atoms with Crippen LogP contribution in [0.25, 0.3) is 6.08 Å². The lowest BCUT2D eigenvalue weighted by molar-refractivity contribution is -0.385. The number of hydrogen-bond donors (Lipinski definition) is 0. The highest BCUT2D eigenvalue weighted by molar-refractivity contribution is 6.12. The van der Waals surface area contributed by atoms with Crippen LogP contribution in [0.2, 0.25) is 0 Å². The summed E-state index contributed by atoms with van der Waals surface area (Å²) in [6.07, 6.45) is 1.37. The van der Waals surface area contributed by atoms with Crippen LogP contribution >= 0.6 is 0 Å². The molecule has 0 aliphatic carbocycles. The fourth-order valence-corrected chi connectivity index (χ4v) is 2.14. The van der Waals surface area contributed by atoms with Gasteiger partial charge < -0.3 is 4.74 Å². The Morgan fingerprint density at radius 1 is 0.960 bits per heavy atom. The van der Waals surface area contributed by atoms with Gasteiger partial charge >= 0.3 is 5.97 Å². The molecule has 3 rings (SSSR count). The second-order valence-corrected chi connectivity index (χ2v) is 4.99. The molecule has 0 fully saturated rings. The van der Waals surface area contributed by atoms with Gasteiger partial charge in [-0.1, -0.05) is 12.1 Å². The largest absolute Gasteiger partial charge is 0.402 e. The van der Waals surface area contributed by atoms with Crippen molar-refractivity contribution in [1.82, 2.24) is 0 Å². The van der Waals surface area contributed by atoms with Crippen LogP contribution in [0.3, 0.4) is 0 Å². The second-order valence-electron chi connectivity index (χ2n) is 4.99. The molecule has 0 radical (unpaired) electrons. The van der Waals surface area contributed by atoms with Crippen LogP contribution in [-0.2, 0) is 9.53 Å². The Kier molecular flexibility index (Phi) is 4.04. The Balaban J connectivity index is 1.90. The maximum Gasteiger partial charge on any atom is 0.363 e. The third kappa shape index (κ3) is 3.39.